The SMILES string of the molecule is O=C(O[C@@H]1CCc2ccccc21)c1cc(CO)cc(C(=O)O[C@@H]2CCc3ccccc32)c1. The highest BCUT2D eigenvalue weighted by atomic mass is 16.5. The number of rotatable bonds is 5. The molecule has 0 radical (unpaired) electrons. The van der Waals surface area contributed by atoms with E-state index in [0.29, 0.717) is 5.56 Å². The van der Waals surface area contributed by atoms with Crippen molar-refractivity contribution in [2.45, 2.75) is 44.5 Å². The lowest BCUT2D eigenvalue weighted by atomic mass is 10.1. The van der Waals surface area contributed by atoms with Crippen LogP contribution in [0.3, 0.4) is 0 Å². The summed E-state index contributed by atoms with van der Waals surface area (Å²) in [5, 5.41) is 9.67. The molecular weight excluding hydrogens is 404 g/mol. The maximum absolute atomic E-state index is 12.9. The summed E-state index contributed by atoms with van der Waals surface area (Å²) < 4.78 is 11.5. The van der Waals surface area contributed by atoms with Gasteiger partial charge in [0.2, 0.25) is 0 Å². The molecule has 1 N–H and O–H groups in total. The summed E-state index contributed by atoms with van der Waals surface area (Å²) in [6.45, 7) is -0.292. The number of ether oxygens (including phenoxy) is 2. The van der Waals surface area contributed by atoms with Crippen LogP contribution in [0.4, 0.5) is 0 Å². The predicted octanol–water partition coefficient (Wildman–Crippen LogP) is 4.87. The van der Waals surface area contributed by atoms with Crippen LogP contribution in [0, 0.1) is 0 Å². The molecule has 2 aliphatic carbocycles. The summed E-state index contributed by atoms with van der Waals surface area (Å²) in [7, 11) is 0. The second kappa shape index (κ2) is 8.60. The minimum Gasteiger partial charge on any atom is -0.454 e. The lowest BCUT2D eigenvalue weighted by Crippen LogP contribution is -2.14. The van der Waals surface area contributed by atoms with Crippen molar-refractivity contribution in [2.24, 2.45) is 0 Å². The summed E-state index contributed by atoms with van der Waals surface area (Å²) in [5.41, 5.74) is 5.37. The Labute approximate surface area is 186 Å². The zero-order valence-corrected chi connectivity index (χ0v) is 17.6. The molecule has 0 unspecified atom stereocenters. The van der Waals surface area contributed by atoms with Crippen LogP contribution in [-0.2, 0) is 28.9 Å². The van der Waals surface area contributed by atoms with Crippen LogP contribution in [-0.4, -0.2) is 17.0 Å². The number of aryl methyl sites for hydroxylation is 2. The molecule has 3 aromatic rings. The summed E-state index contributed by atoms with van der Waals surface area (Å²) in [6, 6.07) is 20.5. The molecule has 0 heterocycles. The van der Waals surface area contributed by atoms with Gasteiger partial charge in [0.05, 0.1) is 17.7 Å². The first-order valence-corrected chi connectivity index (χ1v) is 10.9. The summed E-state index contributed by atoms with van der Waals surface area (Å²) in [5.74, 6) is -1.02. The van der Waals surface area contributed by atoms with Crippen LogP contribution in [0.25, 0.3) is 0 Å². The molecule has 5 heteroatoms. The highest BCUT2D eigenvalue weighted by molar-refractivity contribution is 5.96. The van der Waals surface area contributed by atoms with Crippen molar-refractivity contribution in [2.75, 3.05) is 0 Å². The van der Waals surface area contributed by atoms with Crippen molar-refractivity contribution in [3.05, 3.63) is 106 Å². The molecule has 0 spiro atoms. The summed E-state index contributed by atoms with van der Waals surface area (Å²) in [6.07, 6.45) is 2.60. The van der Waals surface area contributed by atoms with Gasteiger partial charge in [-0.2, -0.15) is 0 Å². The molecule has 0 saturated heterocycles. The van der Waals surface area contributed by atoms with E-state index in [-0.39, 0.29) is 29.9 Å². The van der Waals surface area contributed by atoms with E-state index >= 15 is 0 Å². The fourth-order valence-electron chi connectivity index (χ4n) is 4.69. The highest BCUT2D eigenvalue weighted by Crippen LogP contribution is 2.36. The van der Waals surface area contributed by atoms with Gasteiger partial charge in [0, 0.05) is 0 Å². The number of carbonyl (C=O) groups is 2. The molecule has 162 valence electrons. The smallest absolute Gasteiger partial charge is 0.338 e. The van der Waals surface area contributed by atoms with Gasteiger partial charge in [-0.3, -0.25) is 0 Å². The average Bonchev–Trinajstić information content (AvgIpc) is 3.43. The Bertz CT molecular complexity index is 1090. The van der Waals surface area contributed by atoms with Crippen LogP contribution >= 0.6 is 0 Å². The molecule has 2 aliphatic rings. The number of aliphatic hydroxyl groups excluding tert-OH is 1. The maximum atomic E-state index is 12.9. The van der Waals surface area contributed by atoms with Crippen molar-refractivity contribution >= 4 is 11.9 Å². The van der Waals surface area contributed by atoms with Gasteiger partial charge in [-0.05, 0) is 71.7 Å². The van der Waals surface area contributed by atoms with E-state index in [1.807, 2.05) is 48.5 Å². The zero-order valence-electron chi connectivity index (χ0n) is 17.6. The Morgan fingerprint density at radius 2 is 1.22 bits per heavy atom. The highest BCUT2D eigenvalue weighted by Gasteiger charge is 2.28. The zero-order chi connectivity index (χ0) is 22.1. The third-order valence-electron chi connectivity index (χ3n) is 6.30. The van der Waals surface area contributed by atoms with Gasteiger partial charge < -0.3 is 14.6 Å². The fourth-order valence-corrected chi connectivity index (χ4v) is 4.69. The van der Waals surface area contributed by atoms with Crippen molar-refractivity contribution < 1.29 is 24.2 Å². The van der Waals surface area contributed by atoms with Gasteiger partial charge >= 0.3 is 11.9 Å². The molecule has 5 nitrogen and oxygen atoms in total. The summed E-state index contributed by atoms with van der Waals surface area (Å²) in [4.78, 5) is 25.8. The van der Waals surface area contributed by atoms with Crippen LogP contribution in [0.2, 0.25) is 0 Å². The largest absolute Gasteiger partial charge is 0.454 e. The first kappa shape index (κ1) is 20.5. The van der Waals surface area contributed by atoms with Gasteiger partial charge in [0.1, 0.15) is 12.2 Å². The molecule has 0 bridgehead atoms. The minimum absolute atomic E-state index is 0.236. The maximum Gasteiger partial charge on any atom is 0.338 e. The van der Waals surface area contributed by atoms with Gasteiger partial charge in [-0.1, -0.05) is 48.5 Å². The van der Waals surface area contributed by atoms with Gasteiger partial charge in [-0.15, -0.1) is 0 Å². The number of hydrogen-bond acceptors (Lipinski definition) is 5. The van der Waals surface area contributed by atoms with E-state index < -0.39 is 11.9 Å². The lowest BCUT2D eigenvalue weighted by Gasteiger charge is -2.16. The number of fused-ring (bicyclic) bond motifs is 2. The van der Waals surface area contributed by atoms with Gasteiger partial charge in [-0.25, -0.2) is 9.59 Å². The Hall–Kier alpha value is -3.44. The van der Waals surface area contributed by atoms with E-state index in [0.717, 1.165) is 36.8 Å². The average molecular weight is 428 g/mol. The van der Waals surface area contributed by atoms with E-state index in [1.165, 1.54) is 17.2 Å². The van der Waals surface area contributed by atoms with Crippen LogP contribution in [0.1, 0.15) is 73.6 Å². The Kier molecular flexibility index (Phi) is 5.50. The Balaban J connectivity index is 1.35. The van der Waals surface area contributed by atoms with E-state index in [9.17, 15) is 14.7 Å². The first-order valence-electron chi connectivity index (χ1n) is 10.9. The fraction of sp³-hybridized carbons (Fsp3) is 0.259. The second-order valence-corrected chi connectivity index (χ2v) is 8.34. The van der Waals surface area contributed by atoms with Gasteiger partial charge in [0.25, 0.3) is 0 Å². The molecular formula is C27H24O5. The first-order chi connectivity index (χ1) is 15.6. The predicted molar refractivity (Wildman–Crippen MR) is 118 cm³/mol. The monoisotopic (exact) mass is 428 g/mol. The second-order valence-electron chi connectivity index (χ2n) is 8.34. The molecule has 0 amide bonds. The summed E-state index contributed by atoms with van der Waals surface area (Å²) >= 11 is 0. The number of benzene rings is 3. The molecule has 3 aromatic carbocycles. The number of carbonyl (C=O) groups excluding carboxylic acids is 2. The lowest BCUT2D eigenvalue weighted by molar-refractivity contribution is 0.0299. The quantitative estimate of drug-likeness (QED) is 0.587. The topological polar surface area (TPSA) is 72.8 Å². The van der Waals surface area contributed by atoms with E-state index in [2.05, 4.69) is 0 Å². The molecule has 0 aliphatic heterocycles. The standard InChI is InChI=1S/C27H24O5/c28-16-17-13-20(26(29)31-24-11-9-18-5-1-3-7-22(18)24)15-21(14-17)27(30)32-25-12-10-19-6-2-4-8-23(19)25/h1-8,13-15,24-25,28H,9-12,16H2/t24-,25-/m1/s1. The van der Waals surface area contributed by atoms with Crippen molar-refractivity contribution in [1.29, 1.82) is 0 Å². The van der Waals surface area contributed by atoms with Crippen molar-refractivity contribution in [3.8, 4) is 0 Å². The molecule has 2 atom stereocenters. The van der Waals surface area contributed by atoms with Crippen LogP contribution in [0.5, 0.6) is 0 Å². The third kappa shape index (κ3) is 3.92. The van der Waals surface area contributed by atoms with E-state index in [4.69, 9.17) is 9.47 Å². The van der Waals surface area contributed by atoms with Crippen LogP contribution in [0.15, 0.2) is 66.7 Å². The number of hydrogen-bond donors (Lipinski definition) is 1. The van der Waals surface area contributed by atoms with Crippen molar-refractivity contribution in [3.63, 3.8) is 0 Å². The molecule has 0 saturated carbocycles. The van der Waals surface area contributed by atoms with Crippen LogP contribution < -0.4 is 0 Å². The Morgan fingerprint density at radius 3 is 1.69 bits per heavy atom. The molecule has 5 rings (SSSR count). The minimum atomic E-state index is -0.512. The van der Waals surface area contributed by atoms with E-state index in [1.54, 1.807) is 12.1 Å². The number of esters is 2. The molecule has 0 aromatic heterocycles. The Morgan fingerprint density at radius 1 is 0.750 bits per heavy atom. The van der Waals surface area contributed by atoms with Crippen molar-refractivity contribution in [1.82, 2.24) is 0 Å². The molecule has 0 fully saturated rings. The number of aliphatic hydroxyl groups is 1. The third-order valence-corrected chi connectivity index (χ3v) is 6.30. The van der Waals surface area contributed by atoms with Gasteiger partial charge in [0.15, 0.2) is 0 Å². The normalized spacial score (nSPS) is 18.7. The molecule has 32 heavy (non-hydrogen) atoms.